The molecule has 1 unspecified atom stereocenters. The molecule has 1 amide bonds. The van der Waals surface area contributed by atoms with Crippen molar-refractivity contribution in [3.05, 3.63) is 96.3 Å². The van der Waals surface area contributed by atoms with E-state index < -0.39 is 5.91 Å². The molecule has 2 heterocycles. The minimum Gasteiger partial charge on any atom is -0.489 e. The number of aryl methyl sites for hydroxylation is 1. The van der Waals surface area contributed by atoms with E-state index in [0.29, 0.717) is 5.57 Å². The van der Waals surface area contributed by atoms with Crippen molar-refractivity contribution in [3.8, 4) is 5.69 Å². The van der Waals surface area contributed by atoms with E-state index in [1.54, 1.807) is 30.1 Å². The Kier molecular flexibility index (Phi) is 5.04. The lowest BCUT2D eigenvalue weighted by Crippen LogP contribution is -2.15. The zero-order valence-electron chi connectivity index (χ0n) is 15.3. The molecule has 5 nitrogen and oxygen atoms in total. The van der Waals surface area contributed by atoms with E-state index in [0.717, 1.165) is 26.9 Å². The van der Waals surface area contributed by atoms with E-state index in [9.17, 15) is 4.79 Å². The molecule has 28 heavy (non-hydrogen) atoms. The van der Waals surface area contributed by atoms with Gasteiger partial charge in [0.2, 0.25) is 5.91 Å². The highest BCUT2D eigenvalue weighted by Gasteiger charge is 2.16. The fourth-order valence-electron chi connectivity index (χ4n) is 3.01. The average Bonchev–Trinajstić information content (AvgIpc) is 3.15. The third kappa shape index (κ3) is 3.87. The number of benzene rings is 2. The molecule has 0 aliphatic carbocycles. The summed E-state index contributed by atoms with van der Waals surface area (Å²) in [5, 5.41) is 0. The standard InChI is InChI=1S/C22H19N3O2S/c1-15-24-10-11-25(15)18-5-7-19(8-6-18)28-20-4-2-3-16(13-20)21-14-17(22(23)26)9-12-27-21/h2-14,21H,1H3,(H2,23,26). The van der Waals surface area contributed by atoms with Crippen LogP contribution in [-0.2, 0) is 9.53 Å². The number of hydrogen-bond donors (Lipinski definition) is 1. The van der Waals surface area contributed by atoms with Crippen LogP contribution in [0.1, 0.15) is 17.5 Å². The smallest absolute Gasteiger partial charge is 0.248 e. The van der Waals surface area contributed by atoms with Crippen molar-refractivity contribution in [2.45, 2.75) is 22.8 Å². The molecule has 0 spiro atoms. The van der Waals surface area contributed by atoms with Gasteiger partial charge in [0.15, 0.2) is 0 Å². The summed E-state index contributed by atoms with van der Waals surface area (Å²) in [5.74, 6) is 0.501. The van der Waals surface area contributed by atoms with Gasteiger partial charge >= 0.3 is 0 Å². The maximum Gasteiger partial charge on any atom is 0.248 e. The first-order chi connectivity index (χ1) is 13.6. The lowest BCUT2D eigenvalue weighted by atomic mass is 10.0. The molecule has 4 rings (SSSR count). The van der Waals surface area contributed by atoms with Gasteiger partial charge in [0.25, 0.3) is 0 Å². The van der Waals surface area contributed by atoms with Crippen molar-refractivity contribution in [3.63, 3.8) is 0 Å². The lowest BCUT2D eigenvalue weighted by Gasteiger charge is -2.18. The highest BCUT2D eigenvalue weighted by molar-refractivity contribution is 7.99. The second-order valence-corrected chi connectivity index (χ2v) is 7.51. The molecular weight excluding hydrogens is 370 g/mol. The van der Waals surface area contributed by atoms with Gasteiger partial charge in [-0.3, -0.25) is 4.79 Å². The van der Waals surface area contributed by atoms with Gasteiger partial charge in [0.1, 0.15) is 11.9 Å². The van der Waals surface area contributed by atoms with Gasteiger partial charge in [-0.1, -0.05) is 23.9 Å². The predicted octanol–water partition coefficient (Wildman–Crippen LogP) is 4.33. The fraction of sp³-hybridized carbons (Fsp3) is 0.0909. The number of imidazole rings is 1. The normalized spacial score (nSPS) is 15.8. The molecule has 1 aliphatic rings. The molecule has 0 bridgehead atoms. The van der Waals surface area contributed by atoms with Crippen molar-refractivity contribution < 1.29 is 9.53 Å². The van der Waals surface area contributed by atoms with Gasteiger partial charge in [-0.15, -0.1) is 0 Å². The maximum absolute atomic E-state index is 11.4. The number of ether oxygens (including phenoxy) is 1. The van der Waals surface area contributed by atoms with Crippen LogP contribution in [0.15, 0.2) is 94.7 Å². The number of nitrogens with two attached hydrogens (primary N) is 1. The molecule has 0 fully saturated rings. The molecule has 1 aliphatic heterocycles. The second kappa shape index (κ2) is 7.78. The van der Waals surface area contributed by atoms with Crippen LogP contribution in [-0.4, -0.2) is 15.5 Å². The second-order valence-electron chi connectivity index (χ2n) is 6.36. The zero-order chi connectivity index (χ0) is 19.5. The van der Waals surface area contributed by atoms with Crippen LogP contribution in [0.2, 0.25) is 0 Å². The predicted molar refractivity (Wildman–Crippen MR) is 109 cm³/mol. The van der Waals surface area contributed by atoms with Gasteiger partial charge in [-0.2, -0.15) is 0 Å². The number of aromatic nitrogens is 2. The first kappa shape index (κ1) is 18.1. The lowest BCUT2D eigenvalue weighted by molar-refractivity contribution is -0.114. The average molecular weight is 389 g/mol. The Hall–Kier alpha value is -3.25. The van der Waals surface area contributed by atoms with E-state index >= 15 is 0 Å². The first-order valence-corrected chi connectivity index (χ1v) is 9.63. The molecule has 6 heteroatoms. The van der Waals surface area contributed by atoms with Gasteiger partial charge in [-0.05, 0) is 61.0 Å². The summed E-state index contributed by atoms with van der Waals surface area (Å²) in [4.78, 5) is 17.9. The Balaban J connectivity index is 1.52. The number of nitrogens with zero attached hydrogens (tertiary/aromatic N) is 2. The van der Waals surface area contributed by atoms with Crippen molar-refractivity contribution in [2.75, 3.05) is 0 Å². The van der Waals surface area contributed by atoms with E-state index in [1.165, 1.54) is 6.26 Å². The quantitative estimate of drug-likeness (QED) is 0.705. The summed E-state index contributed by atoms with van der Waals surface area (Å²) in [6, 6.07) is 16.4. The van der Waals surface area contributed by atoms with Crippen LogP contribution in [0.4, 0.5) is 0 Å². The molecule has 0 saturated carbocycles. The van der Waals surface area contributed by atoms with Crippen LogP contribution in [0.25, 0.3) is 5.69 Å². The number of rotatable bonds is 5. The Bertz CT molecular complexity index is 1070. The number of carbonyl (C=O) groups is 1. The summed E-state index contributed by atoms with van der Waals surface area (Å²) < 4.78 is 7.68. The van der Waals surface area contributed by atoms with E-state index in [-0.39, 0.29) is 6.10 Å². The third-order valence-corrected chi connectivity index (χ3v) is 5.45. The third-order valence-electron chi connectivity index (χ3n) is 4.45. The van der Waals surface area contributed by atoms with Crippen molar-refractivity contribution in [1.29, 1.82) is 0 Å². The van der Waals surface area contributed by atoms with E-state index in [1.807, 2.05) is 29.8 Å². The largest absolute Gasteiger partial charge is 0.489 e. The van der Waals surface area contributed by atoms with Gasteiger partial charge < -0.3 is 15.0 Å². The summed E-state index contributed by atoms with van der Waals surface area (Å²) in [5.41, 5.74) is 7.88. The minimum atomic E-state index is -0.455. The van der Waals surface area contributed by atoms with Crippen LogP contribution in [0.3, 0.4) is 0 Å². The maximum atomic E-state index is 11.4. The Morgan fingerprint density at radius 2 is 2.00 bits per heavy atom. The van der Waals surface area contributed by atoms with Gasteiger partial charge in [0.05, 0.1) is 6.26 Å². The van der Waals surface area contributed by atoms with E-state index in [4.69, 9.17) is 10.5 Å². The van der Waals surface area contributed by atoms with Crippen molar-refractivity contribution in [1.82, 2.24) is 9.55 Å². The summed E-state index contributed by atoms with van der Waals surface area (Å²) in [6.45, 7) is 1.98. The number of amides is 1. The minimum absolute atomic E-state index is 0.320. The molecule has 0 radical (unpaired) electrons. The molecule has 2 N–H and O–H groups in total. The molecule has 0 saturated heterocycles. The van der Waals surface area contributed by atoms with Crippen molar-refractivity contribution >= 4 is 17.7 Å². The zero-order valence-corrected chi connectivity index (χ0v) is 16.1. The molecule has 1 atom stereocenters. The molecule has 140 valence electrons. The van der Waals surface area contributed by atoms with Gasteiger partial charge in [-0.25, -0.2) is 4.98 Å². The topological polar surface area (TPSA) is 70.1 Å². The SMILES string of the molecule is Cc1nccn1-c1ccc(Sc2cccc(C3C=C(C(N)=O)C=CO3)c2)cc1. The number of carbonyl (C=O) groups excluding carboxylic acids is 1. The first-order valence-electron chi connectivity index (χ1n) is 8.82. The van der Waals surface area contributed by atoms with Crippen molar-refractivity contribution in [2.24, 2.45) is 5.73 Å². The Morgan fingerprint density at radius 3 is 2.71 bits per heavy atom. The highest BCUT2D eigenvalue weighted by atomic mass is 32.2. The van der Waals surface area contributed by atoms with Gasteiger partial charge in [0, 0.05) is 33.4 Å². The molecule has 3 aromatic rings. The molecule has 2 aromatic carbocycles. The summed E-state index contributed by atoms with van der Waals surface area (Å²) in [6.07, 6.45) is 8.27. The van der Waals surface area contributed by atoms with Crippen LogP contribution in [0.5, 0.6) is 0 Å². The molecule has 1 aromatic heterocycles. The highest BCUT2D eigenvalue weighted by Crippen LogP contribution is 2.32. The number of primary amides is 1. The van der Waals surface area contributed by atoms with Crippen LogP contribution >= 0.6 is 11.8 Å². The van der Waals surface area contributed by atoms with Crippen LogP contribution < -0.4 is 5.73 Å². The summed E-state index contributed by atoms with van der Waals surface area (Å²) in [7, 11) is 0. The number of hydrogen-bond acceptors (Lipinski definition) is 4. The fourth-order valence-corrected chi connectivity index (χ4v) is 3.90. The van der Waals surface area contributed by atoms with Crippen LogP contribution in [0, 0.1) is 6.92 Å². The molecular formula is C22H19N3O2S. The Labute approximate surface area is 167 Å². The van der Waals surface area contributed by atoms with E-state index in [2.05, 4.69) is 41.4 Å². The Morgan fingerprint density at radius 1 is 1.18 bits per heavy atom. The summed E-state index contributed by atoms with van der Waals surface area (Å²) >= 11 is 1.67. The monoisotopic (exact) mass is 389 g/mol.